The Bertz CT molecular complexity index is 310. The summed E-state index contributed by atoms with van der Waals surface area (Å²) in [5.74, 6) is 1.23. The number of ether oxygens (including phenoxy) is 1. The minimum atomic E-state index is -0.438. The summed E-state index contributed by atoms with van der Waals surface area (Å²) in [5.41, 5.74) is 5.78. The smallest absolute Gasteiger partial charge is 0.407 e. The van der Waals surface area contributed by atoms with Crippen molar-refractivity contribution >= 4 is 6.09 Å². The van der Waals surface area contributed by atoms with Gasteiger partial charge >= 0.3 is 6.09 Å². The molecule has 3 unspecified atom stereocenters. The van der Waals surface area contributed by atoms with Gasteiger partial charge in [0, 0.05) is 12.1 Å². The van der Waals surface area contributed by atoms with Crippen LogP contribution >= 0.6 is 0 Å². The van der Waals surface area contributed by atoms with Crippen molar-refractivity contribution in [3.63, 3.8) is 0 Å². The third kappa shape index (κ3) is 6.60. The summed E-state index contributed by atoms with van der Waals surface area (Å²) in [6.45, 7) is 10.1. The second kappa shape index (κ2) is 7.30. The second-order valence-corrected chi connectivity index (χ2v) is 7.55. The zero-order valence-corrected chi connectivity index (χ0v) is 13.7. The van der Waals surface area contributed by atoms with Crippen molar-refractivity contribution in [2.75, 3.05) is 0 Å². The maximum Gasteiger partial charge on any atom is 0.407 e. The number of alkyl carbamates (subject to hydrolysis) is 1. The van der Waals surface area contributed by atoms with Crippen LogP contribution < -0.4 is 11.1 Å². The average Bonchev–Trinajstić information content (AvgIpc) is 2.27. The molecule has 0 aromatic heterocycles. The van der Waals surface area contributed by atoms with Crippen molar-refractivity contribution < 1.29 is 9.53 Å². The van der Waals surface area contributed by atoms with Gasteiger partial charge in [0.15, 0.2) is 0 Å². The van der Waals surface area contributed by atoms with E-state index < -0.39 is 5.60 Å². The van der Waals surface area contributed by atoms with Crippen molar-refractivity contribution in [3.8, 4) is 0 Å². The first kappa shape index (κ1) is 17.3. The van der Waals surface area contributed by atoms with E-state index in [-0.39, 0.29) is 18.2 Å². The van der Waals surface area contributed by atoms with Gasteiger partial charge in [-0.3, -0.25) is 0 Å². The molecule has 1 aliphatic rings. The maximum atomic E-state index is 11.8. The summed E-state index contributed by atoms with van der Waals surface area (Å²) in [4.78, 5) is 11.8. The number of hydrogen-bond acceptors (Lipinski definition) is 3. The fourth-order valence-electron chi connectivity index (χ4n) is 2.77. The van der Waals surface area contributed by atoms with E-state index in [0.29, 0.717) is 11.8 Å². The Kier molecular flexibility index (Phi) is 6.31. The lowest BCUT2D eigenvalue weighted by Crippen LogP contribution is -2.46. The summed E-state index contributed by atoms with van der Waals surface area (Å²) in [6.07, 6.45) is 4.98. The van der Waals surface area contributed by atoms with E-state index in [1.54, 1.807) is 0 Å². The van der Waals surface area contributed by atoms with Crippen LogP contribution in [0.1, 0.15) is 66.7 Å². The number of carbonyl (C=O) groups excluding carboxylic acids is 1. The van der Waals surface area contributed by atoms with E-state index >= 15 is 0 Å². The molecule has 1 amide bonds. The minimum absolute atomic E-state index is 0.210. The lowest BCUT2D eigenvalue weighted by atomic mass is 9.78. The normalized spacial score (nSPS) is 27.4. The molecule has 4 heteroatoms. The van der Waals surface area contributed by atoms with E-state index in [0.717, 1.165) is 25.7 Å². The highest BCUT2D eigenvalue weighted by atomic mass is 16.6. The molecule has 3 atom stereocenters. The van der Waals surface area contributed by atoms with Gasteiger partial charge in [0.2, 0.25) is 0 Å². The highest BCUT2D eigenvalue weighted by Gasteiger charge is 2.29. The number of carbonyl (C=O) groups is 1. The zero-order valence-electron chi connectivity index (χ0n) is 13.7. The molecule has 0 spiro atoms. The van der Waals surface area contributed by atoms with Crippen molar-refractivity contribution in [2.45, 2.75) is 84.4 Å². The molecule has 1 rings (SSSR count). The number of hydrogen-bond donors (Lipinski definition) is 2. The molecule has 0 aromatic carbocycles. The standard InChI is InChI=1S/C16H32N2O2/c1-11(2)6-7-12-10-13(8-9-14(12)17)18-15(19)20-16(3,4)5/h11-14H,6-10,17H2,1-5H3,(H,18,19). The molecule has 20 heavy (non-hydrogen) atoms. The minimum Gasteiger partial charge on any atom is -0.444 e. The van der Waals surface area contributed by atoms with Crippen LogP contribution in [0.2, 0.25) is 0 Å². The molecule has 0 heterocycles. The Morgan fingerprint density at radius 2 is 2.00 bits per heavy atom. The van der Waals surface area contributed by atoms with Crippen LogP contribution in [0, 0.1) is 11.8 Å². The third-order valence-corrected chi connectivity index (χ3v) is 3.88. The SMILES string of the molecule is CC(C)CCC1CC(NC(=O)OC(C)(C)C)CCC1N. The van der Waals surface area contributed by atoms with Crippen LogP contribution in [0.5, 0.6) is 0 Å². The highest BCUT2D eigenvalue weighted by molar-refractivity contribution is 5.68. The summed E-state index contributed by atoms with van der Waals surface area (Å²) < 4.78 is 5.32. The molecule has 3 N–H and O–H groups in total. The predicted octanol–water partition coefficient (Wildman–Crippen LogP) is 3.44. The molecule has 1 fully saturated rings. The molecule has 0 saturated heterocycles. The van der Waals surface area contributed by atoms with Crippen molar-refractivity contribution in [1.82, 2.24) is 5.32 Å². The summed E-state index contributed by atoms with van der Waals surface area (Å²) in [6, 6.07) is 0.493. The van der Waals surface area contributed by atoms with E-state index in [9.17, 15) is 4.79 Å². The molecular formula is C16H32N2O2. The Balaban J connectivity index is 2.42. The average molecular weight is 284 g/mol. The number of nitrogens with two attached hydrogens (primary N) is 1. The van der Waals surface area contributed by atoms with Crippen LogP contribution in [0.25, 0.3) is 0 Å². The molecular weight excluding hydrogens is 252 g/mol. The van der Waals surface area contributed by atoms with E-state index in [1.165, 1.54) is 6.42 Å². The molecule has 4 nitrogen and oxygen atoms in total. The number of rotatable bonds is 4. The van der Waals surface area contributed by atoms with Gasteiger partial charge in [0.25, 0.3) is 0 Å². The molecule has 118 valence electrons. The van der Waals surface area contributed by atoms with Crippen molar-refractivity contribution in [3.05, 3.63) is 0 Å². The fourth-order valence-corrected chi connectivity index (χ4v) is 2.77. The first-order chi connectivity index (χ1) is 9.17. The molecule has 0 bridgehead atoms. The quantitative estimate of drug-likeness (QED) is 0.831. The van der Waals surface area contributed by atoms with Gasteiger partial charge in [-0.15, -0.1) is 0 Å². The molecule has 0 radical (unpaired) electrons. The topological polar surface area (TPSA) is 64.3 Å². The molecule has 1 saturated carbocycles. The summed E-state index contributed by atoms with van der Waals surface area (Å²) in [5, 5.41) is 3.00. The van der Waals surface area contributed by atoms with Crippen LogP contribution in [-0.4, -0.2) is 23.8 Å². The second-order valence-electron chi connectivity index (χ2n) is 7.55. The Labute approximate surface area is 123 Å². The monoisotopic (exact) mass is 284 g/mol. The van der Waals surface area contributed by atoms with Crippen LogP contribution in [0.15, 0.2) is 0 Å². The summed E-state index contributed by atoms with van der Waals surface area (Å²) in [7, 11) is 0. The Morgan fingerprint density at radius 3 is 2.55 bits per heavy atom. The largest absolute Gasteiger partial charge is 0.444 e. The fraction of sp³-hybridized carbons (Fsp3) is 0.938. The number of nitrogens with one attached hydrogen (secondary N) is 1. The third-order valence-electron chi connectivity index (χ3n) is 3.88. The van der Waals surface area contributed by atoms with Gasteiger partial charge in [-0.25, -0.2) is 4.79 Å². The van der Waals surface area contributed by atoms with Crippen molar-refractivity contribution in [2.24, 2.45) is 17.6 Å². The molecule has 0 aliphatic heterocycles. The Hall–Kier alpha value is -0.770. The first-order valence-corrected chi connectivity index (χ1v) is 7.92. The lowest BCUT2D eigenvalue weighted by molar-refractivity contribution is 0.0479. The summed E-state index contributed by atoms with van der Waals surface area (Å²) >= 11 is 0. The molecule has 0 aromatic rings. The van der Waals surface area contributed by atoms with Gasteiger partial charge in [-0.1, -0.05) is 20.3 Å². The zero-order chi connectivity index (χ0) is 15.3. The van der Waals surface area contributed by atoms with E-state index in [1.807, 2.05) is 20.8 Å². The molecule has 1 aliphatic carbocycles. The maximum absolute atomic E-state index is 11.8. The van der Waals surface area contributed by atoms with Crippen LogP contribution in [0.4, 0.5) is 4.79 Å². The van der Waals surface area contributed by atoms with Crippen LogP contribution in [-0.2, 0) is 4.74 Å². The lowest BCUT2D eigenvalue weighted by Gasteiger charge is -2.35. The van der Waals surface area contributed by atoms with Crippen LogP contribution in [0.3, 0.4) is 0 Å². The number of amides is 1. The predicted molar refractivity (Wildman–Crippen MR) is 82.5 cm³/mol. The van der Waals surface area contributed by atoms with Gasteiger partial charge < -0.3 is 15.8 Å². The van der Waals surface area contributed by atoms with E-state index in [2.05, 4.69) is 19.2 Å². The van der Waals surface area contributed by atoms with E-state index in [4.69, 9.17) is 10.5 Å². The van der Waals surface area contributed by atoms with Crippen molar-refractivity contribution in [1.29, 1.82) is 0 Å². The highest BCUT2D eigenvalue weighted by Crippen LogP contribution is 2.28. The van der Waals surface area contributed by atoms with Gasteiger partial charge in [-0.2, -0.15) is 0 Å². The van der Waals surface area contributed by atoms with Gasteiger partial charge in [0.05, 0.1) is 0 Å². The Morgan fingerprint density at radius 1 is 1.35 bits per heavy atom. The van der Waals surface area contributed by atoms with Gasteiger partial charge in [-0.05, 0) is 58.3 Å². The first-order valence-electron chi connectivity index (χ1n) is 7.92. The van der Waals surface area contributed by atoms with Gasteiger partial charge in [0.1, 0.15) is 5.60 Å².